The number of hydrogen-bond acceptors (Lipinski definition) is 3. The van der Waals surface area contributed by atoms with Crippen LogP contribution in [0.2, 0.25) is 0 Å². The van der Waals surface area contributed by atoms with Crippen LogP contribution in [0.25, 0.3) is 0 Å². The van der Waals surface area contributed by atoms with E-state index in [1.165, 1.54) is 29.2 Å². The average molecular weight is 386 g/mol. The first-order chi connectivity index (χ1) is 13.2. The first-order valence-electron chi connectivity index (χ1n) is 9.19. The van der Waals surface area contributed by atoms with Crippen molar-refractivity contribution < 1.29 is 18.7 Å². The number of halogens is 1. The lowest BCUT2D eigenvalue weighted by Gasteiger charge is -2.31. The van der Waals surface area contributed by atoms with Crippen LogP contribution in [0.15, 0.2) is 54.6 Å². The fraction of sp³-hybridized carbons (Fsp3) is 0.364. The Bertz CT molecular complexity index is 786. The lowest BCUT2D eigenvalue weighted by Crippen LogP contribution is -2.53. The quantitative estimate of drug-likeness (QED) is 0.792. The SMILES string of the molecule is CC(C(=O)NC(C)(C)C)N(Cc1ccccc1)C(=O)COc1ccc(F)cc1. The van der Waals surface area contributed by atoms with Crippen LogP contribution in [-0.2, 0) is 16.1 Å². The first-order valence-corrected chi connectivity index (χ1v) is 9.19. The van der Waals surface area contributed by atoms with Gasteiger partial charge in [-0.1, -0.05) is 30.3 Å². The summed E-state index contributed by atoms with van der Waals surface area (Å²) in [6.07, 6.45) is 0. The van der Waals surface area contributed by atoms with Gasteiger partial charge in [0.15, 0.2) is 6.61 Å². The Hall–Kier alpha value is -2.89. The van der Waals surface area contributed by atoms with Crippen molar-refractivity contribution in [1.82, 2.24) is 10.2 Å². The van der Waals surface area contributed by atoms with Crippen molar-refractivity contribution in [2.75, 3.05) is 6.61 Å². The highest BCUT2D eigenvalue weighted by Gasteiger charge is 2.28. The zero-order valence-electron chi connectivity index (χ0n) is 16.7. The Morgan fingerprint density at radius 1 is 1.07 bits per heavy atom. The van der Waals surface area contributed by atoms with Crippen LogP contribution in [0.4, 0.5) is 4.39 Å². The number of nitrogens with zero attached hydrogens (tertiary/aromatic N) is 1. The van der Waals surface area contributed by atoms with Crippen molar-refractivity contribution in [2.24, 2.45) is 0 Å². The van der Waals surface area contributed by atoms with Gasteiger partial charge < -0.3 is 15.0 Å². The molecule has 0 aliphatic carbocycles. The molecule has 6 heteroatoms. The van der Waals surface area contributed by atoms with Gasteiger partial charge in [0.05, 0.1) is 0 Å². The van der Waals surface area contributed by atoms with E-state index in [0.717, 1.165) is 5.56 Å². The van der Waals surface area contributed by atoms with Gasteiger partial charge in [0.2, 0.25) is 5.91 Å². The Morgan fingerprint density at radius 2 is 1.68 bits per heavy atom. The highest BCUT2D eigenvalue weighted by Crippen LogP contribution is 2.14. The zero-order chi connectivity index (χ0) is 20.7. The molecule has 0 radical (unpaired) electrons. The molecule has 2 amide bonds. The van der Waals surface area contributed by atoms with Crippen molar-refractivity contribution >= 4 is 11.8 Å². The molecule has 28 heavy (non-hydrogen) atoms. The number of carbonyl (C=O) groups is 2. The third-order valence-corrected chi connectivity index (χ3v) is 4.04. The molecule has 1 unspecified atom stereocenters. The van der Waals surface area contributed by atoms with Gasteiger partial charge in [-0.25, -0.2) is 4.39 Å². The van der Waals surface area contributed by atoms with Crippen LogP contribution in [0, 0.1) is 5.82 Å². The van der Waals surface area contributed by atoms with Crippen LogP contribution in [0.3, 0.4) is 0 Å². The second-order valence-corrected chi connectivity index (χ2v) is 7.67. The smallest absolute Gasteiger partial charge is 0.261 e. The van der Waals surface area contributed by atoms with Crippen molar-refractivity contribution in [2.45, 2.75) is 45.8 Å². The van der Waals surface area contributed by atoms with E-state index in [4.69, 9.17) is 4.74 Å². The molecule has 0 spiro atoms. The van der Waals surface area contributed by atoms with Gasteiger partial charge in [-0.15, -0.1) is 0 Å². The molecule has 0 aliphatic heterocycles. The van der Waals surface area contributed by atoms with Crippen LogP contribution in [0.1, 0.15) is 33.3 Å². The molecule has 2 rings (SSSR count). The van der Waals surface area contributed by atoms with Crippen molar-refractivity contribution in [1.29, 1.82) is 0 Å². The first kappa shape index (κ1) is 21.4. The molecule has 5 nitrogen and oxygen atoms in total. The maximum Gasteiger partial charge on any atom is 0.261 e. The number of amides is 2. The van der Waals surface area contributed by atoms with E-state index in [1.807, 2.05) is 51.1 Å². The van der Waals surface area contributed by atoms with Gasteiger partial charge in [-0.05, 0) is 57.5 Å². The van der Waals surface area contributed by atoms with E-state index in [9.17, 15) is 14.0 Å². The summed E-state index contributed by atoms with van der Waals surface area (Å²) in [6.45, 7) is 7.40. The highest BCUT2D eigenvalue weighted by atomic mass is 19.1. The Morgan fingerprint density at radius 3 is 2.25 bits per heavy atom. The molecule has 150 valence electrons. The van der Waals surface area contributed by atoms with Crippen LogP contribution < -0.4 is 10.1 Å². The van der Waals surface area contributed by atoms with Crippen molar-refractivity contribution in [3.63, 3.8) is 0 Å². The minimum Gasteiger partial charge on any atom is -0.484 e. The molecule has 1 N–H and O–H groups in total. The minimum absolute atomic E-state index is 0.237. The lowest BCUT2D eigenvalue weighted by molar-refractivity contribution is -0.142. The molecule has 0 saturated carbocycles. The molecule has 0 saturated heterocycles. The summed E-state index contributed by atoms with van der Waals surface area (Å²) in [5.74, 6) is -0.554. The van der Waals surface area contributed by atoms with E-state index in [2.05, 4.69) is 5.32 Å². The summed E-state index contributed by atoms with van der Waals surface area (Å²) in [5, 5.41) is 2.90. The fourth-order valence-electron chi connectivity index (χ4n) is 2.60. The van der Waals surface area contributed by atoms with Crippen LogP contribution >= 0.6 is 0 Å². The molecule has 0 heterocycles. The molecular formula is C22H27FN2O3. The van der Waals surface area contributed by atoms with Gasteiger partial charge in [0.1, 0.15) is 17.6 Å². The number of hydrogen-bond donors (Lipinski definition) is 1. The molecule has 0 bridgehead atoms. The number of ether oxygens (including phenoxy) is 1. The largest absolute Gasteiger partial charge is 0.484 e. The second kappa shape index (κ2) is 9.35. The fourth-order valence-corrected chi connectivity index (χ4v) is 2.60. The number of rotatable bonds is 7. The number of nitrogens with one attached hydrogen (secondary N) is 1. The van der Waals surface area contributed by atoms with E-state index < -0.39 is 11.6 Å². The summed E-state index contributed by atoms with van der Waals surface area (Å²) >= 11 is 0. The predicted molar refractivity (Wildman–Crippen MR) is 106 cm³/mol. The molecule has 0 aliphatic rings. The highest BCUT2D eigenvalue weighted by molar-refractivity contribution is 5.88. The Balaban J connectivity index is 2.12. The minimum atomic E-state index is -0.677. The van der Waals surface area contributed by atoms with E-state index in [0.29, 0.717) is 5.75 Å². The standard InChI is InChI=1S/C22H27FN2O3/c1-16(21(27)24-22(2,3)4)25(14-17-8-6-5-7-9-17)20(26)15-28-19-12-10-18(23)11-13-19/h5-13,16H,14-15H2,1-4H3,(H,24,27). The lowest BCUT2D eigenvalue weighted by atomic mass is 10.1. The van der Waals surface area contributed by atoms with Crippen LogP contribution in [0.5, 0.6) is 5.75 Å². The third-order valence-electron chi connectivity index (χ3n) is 4.04. The summed E-state index contributed by atoms with van der Waals surface area (Å²) in [6, 6.07) is 14.2. The summed E-state index contributed by atoms with van der Waals surface area (Å²) < 4.78 is 18.5. The molecule has 0 fully saturated rings. The topological polar surface area (TPSA) is 58.6 Å². The maximum absolute atomic E-state index is 13.0. The summed E-state index contributed by atoms with van der Waals surface area (Å²) in [7, 11) is 0. The summed E-state index contributed by atoms with van der Waals surface area (Å²) in [4.78, 5) is 27.0. The van der Waals surface area contributed by atoms with Gasteiger partial charge in [0.25, 0.3) is 5.91 Å². The Labute approximate surface area is 165 Å². The van der Waals surface area contributed by atoms with E-state index in [1.54, 1.807) is 6.92 Å². The van der Waals surface area contributed by atoms with Gasteiger partial charge in [-0.2, -0.15) is 0 Å². The van der Waals surface area contributed by atoms with Gasteiger partial charge in [-0.3, -0.25) is 9.59 Å². The summed E-state index contributed by atoms with van der Waals surface area (Å²) in [5.41, 5.74) is 0.505. The van der Waals surface area contributed by atoms with E-state index in [-0.39, 0.29) is 30.8 Å². The predicted octanol–water partition coefficient (Wildman–Crippen LogP) is 3.54. The third kappa shape index (κ3) is 6.68. The molecule has 2 aromatic rings. The van der Waals surface area contributed by atoms with Crippen LogP contribution in [-0.4, -0.2) is 34.9 Å². The molecule has 0 aromatic heterocycles. The molecule has 2 aromatic carbocycles. The number of benzene rings is 2. The average Bonchev–Trinajstić information content (AvgIpc) is 2.64. The monoisotopic (exact) mass is 386 g/mol. The van der Waals surface area contributed by atoms with Gasteiger partial charge >= 0.3 is 0 Å². The zero-order valence-corrected chi connectivity index (χ0v) is 16.7. The maximum atomic E-state index is 13.0. The van der Waals surface area contributed by atoms with E-state index >= 15 is 0 Å². The molecule has 1 atom stereocenters. The number of carbonyl (C=O) groups excluding carboxylic acids is 2. The van der Waals surface area contributed by atoms with Crippen molar-refractivity contribution in [3.8, 4) is 5.75 Å². The normalized spacial score (nSPS) is 12.2. The second-order valence-electron chi connectivity index (χ2n) is 7.67. The molecular weight excluding hydrogens is 359 g/mol. The van der Waals surface area contributed by atoms with Crippen molar-refractivity contribution in [3.05, 3.63) is 66.0 Å². The van der Waals surface area contributed by atoms with Gasteiger partial charge in [0, 0.05) is 12.1 Å². The Kier molecular flexibility index (Phi) is 7.15.